The predicted octanol–water partition coefficient (Wildman–Crippen LogP) is 2.14. The fraction of sp³-hybridized carbons (Fsp3) is 0.800. The first-order chi connectivity index (χ1) is 10.8. The van der Waals surface area contributed by atoms with Crippen LogP contribution in [0.3, 0.4) is 0 Å². The molecule has 8 heteroatoms. The molecule has 0 aromatic heterocycles. The van der Waals surface area contributed by atoms with Crippen molar-refractivity contribution in [3.05, 3.63) is 12.2 Å². The van der Waals surface area contributed by atoms with E-state index in [1.54, 1.807) is 6.92 Å². The number of methoxy groups -OCH3 is 2. The largest absolute Gasteiger partial charge is 0.500 e. The van der Waals surface area contributed by atoms with Crippen LogP contribution in [0.25, 0.3) is 0 Å². The van der Waals surface area contributed by atoms with Crippen LogP contribution in [0.4, 0.5) is 0 Å². The molecule has 7 nitrogen and oxygen atoms in total. The predicted molar refractivity (Wildman–Crippen MR) is 87.9 cm³/mol. The molecule has 0 bridgehead atoms. The second-order valence-electron chi connectivity index (χ2n) is 5.08. The van der Waals surface area contributed by atoms with E-state index in [0.717, 1.165) is 0 Å². The zero-order valence-corrected chi connectivity index (χ0v) is 16.3. The molecule has 0 saturated carbocycles. The maximum absolute atomic E-state index is 12.0. The molecule has 136 valence electrons. The van der Waals surface area contributed by atoms with Gasteiger partial charge in [-0.3, -0.25) is 0 Å². The molecule has 0 spiro atoms. The van der Waals surface area contributed by atoms with Gasteiger partial charge in [-0.1, -0.05) is 13.5 Å². The first kappa shape index (κ1) is 22.2. The molecule has 0 aromatic carbocycles. The number of ether oxygens (including phenoxy) is 3. The summed E-state index contributed by atoms with van der Waals surface area (Å²) in [5.41, 5.74) is 0.306. The van der Waals surface area contributed by atoms with E-state index >= 15 is 0 Å². The first-order valence-electron chi connectivity index (χ1n) is 7.42. The third-order valence-corrected chi connectivity index (χ3v) is 6.68. The summed E-state index contributed by atoms with van der Waals surface area (Å²) in [6, 6.07) is 0.444. The molecule has 0 aliphatic carbocycles. The topological polar surface area (TPSA) is 72.5 Å². The molecule has 0 aliphatic rings. The first-order valence-corrected chi connectivity index (χ1v) is 9.35. The van der Waals surface area contributed by atoms with E-state index in [9.17, 15) is 4.79 Å². The monoisotopic (exact) mass is 350 g/mol. The van der Waals surface area contributed by atoms with E-state index in [2.05, 4.69) is 6.58 Å². The van der Waals surface area contributed by atoms with Crippen LogP contribution < -0.4 is 0 Å². The van der Waals surface area contributed by atoms with E-state index in [0.29, 0.717) is 24.5 Å². The van der Waals surface area contributed by atoms with Crippen LogP contribution in [-0.4, -0.2) is 62.2 Å². The van der Waals surface area contributed by atoms with E-state index in [1.807, 2.05) is 6.92 Å². The molecular formula is C15H30O7Si. The average molecular weight is 350 g/mol. The maximum atomic E-state index is 12.0. The van der Waals surface area contributed by atoms with Gasteiger partial charge in [0, 0.05) is 53.6 Å². The molecule has 0 rings (SSSR count). The molecule has 0 aromatic rings. The lowest BCUT2D eigenvalue weighted by atomic mass is 10.0. The normalized spacial score (nSPS) is 13.7. The lowest BCUT2D eigenvalue weighted by Crippen LogP contribution is -2.50. The minimum atomic E-state index is -2.80. The Morgan fingerprint density at radius 1 is 1.09 bits per heavy atom. The molecular weight excluding hydrogens is 320 g/mol. The van der Waals surface area contributed by atoms with Gasteiger partial charge in [0.2, 0.25) is 5.79 Å². The van der Waals surface area contributed by atoms with Crippen LogP contribution in [0.15, 0.2) is 12.2 Å². The number of rotatable bonds is 12. The van der Waals surface area contributed by atoms with Crippen molar-refractivity contribution in [2.24, 2.45) is 0 Å². The third kappa shape index (κ3) is 5.66. The second-order valence-corrected chi connectivity index (χ2v) is 8.17. The molecule has 23 heavy (non-hydrogen) atoms. The third-order valence-electron chi connectivity index (χ3n) is 3.92. The lowest BCUT2D eigenvalue weighted by molar-refractivity contribution is -0.266. The molecule has 0 fully saturated rings. The van der Waals surface area contributed by atoms with Crippen LogP contribution in [0.2, 0.25) is 6.04 Å². The van der Waals surface area contributed by atoms with Gasteiger partial charge in [-0.25, -0.2) is 4.79 Å². The Labute approximate surface area is 140 Å². The van der Waals surface area contributed by atoms with Crippen molar-refractivity contribution >= 4 is 14.8 Å². The molecule has 0 aliphatic heterocycles. The highest BCUT2D eigenvalue weighted by atomic mass is 28.4. The number of hydrogen-bond donors (Lipinski definition) is 0. The van der Waals surface area contributed by atoms with Gasteiger partial charge < -0.3 is 27.5 Å². The fourth-order valence-corrected chi connectivity index (χ4v) is 4.05. The van der Waals surface area contributed by atoms with E-state index in [1.165, 1.54) is 35.5 Å². The Balaban J connectivity index is 5.35. The number of hydrogen-bond acceptors (Lipinski definition) is 7. The number of esters is 1. The smallest absolute Gasteiger partial charge is 0.453 e. The SMILES string of the molecule is C=C(C)C(=O)OC(CC[Si](OC)(OC)OC)C(CC)(OC)OC. The molecule has 0 N–H and O–H groups in total. The van der Waals surface area contributed by atoms with Crippen molar-refractivity contribution in [1.29, 1.82) is 0 Å². The van der Waals surface area contributed by atoms with Gasteiger partial charge in [0.1, 0.15) is 0 Å². The minimum absolute atomic E-state index is 0.306. The summed E-state index contributed by atoms with van der Waals surface area (Å²) in [5, 5.41) is 0. The molecule has 0 radical (unpaired) electrons. The highest BCUT2D eigenvalue weighted by Gasteiger charge is 2.45. The fourth-order valence-electron chi connectivity index (χ4n) is 2.33. The zero-order chi connectivity index (χ0) is 18.1. The lowest BCUT2D eigenvalue weighted by Gasteiger charge is -2.37. The molecule has 0 heterocycles. The highest BCUT2D eigenvalue weighted by Crippen LogP contribution is 2.30. The van der Waals surface area contributed by atoms with Crippen LogP contribution in [0.1, 0.15) is 26.7 Å². The van der Waals surface area contributed by atoms with Crippen LogP contribution in [0, 0.1) is 0 Å². The Bertz CT molecular complexity index is 361. The summed E-state index contributed by atoms with van der Waals surface area (Å²) >= 11 is 0. The molecule has 1 unspecified atom stereocenters. The van der Waals surface area contributed by atoms with Gasteiger partial charge in [0.05, 0.1) is 0 Å². The Kier molecular flexibility index (Phi) is 9.82. The van der Waals surface area contributed by atoms with Gasteiger partial charge in [-0.2, -0.15) is 0 Å². The maximum Gasteiger partial charge on any atom is 0.500 e. The quantitative estimate of drug-likeness (QED) is 0.231. The molecule has 0 saturated heterocycles. The molecule has 0 amide bonds. The van der Waals surface area contributed by atoms with Crippen molar-refractivity contribution in [1.82, 2.24) is 0 Å². The number of carbonyl (C=O) groups is 1. The van der Waals surface area contributed by atoms with Gasteiger partial charge in [-0.15, -0.1) is 0 Å². The van der Waals surface area contributed by atoms with Gasteiger partial charge in [0.15, 0.2) is 6.10 Å². The summed E-state index contributed by atoms with van der Waals surface area (Å²) in [6.07, 6.45) is 0.241. The zero-order valence-electron chi connectivity index (χ0n) is 15.3. The Morgan fingerprint density at radius 2 is 1.57 bits per heavy atom. The van der Waals surface area contributed by atoms with E-state index in [-0.39, 0.29) is 0 Å². The van der Waals surface area contributed by atoms with E-state index in [4.69, 9.17) is 27.5 Å². The van der Waals surface area contributed by atoms with E-state index < -0.39 is 26.7 Å². The standard InChI is InChI=1S/C15H30O7Si/c1-9-15(17-4,18-5)13(22-14(16)12(2)3)10-11-23(19-6,20-7)21-8/h13H,2,9-11H2,1,3-8H3. The van der Waals surface area contributed by atoms with Crippen molar-refractivity contribution in [3.8, 4) is 0 Å². The summed E-state index contributed by atoms with van der Waals surface area (Å²) in [7, 11) is 4.84. The Morgan fingerprint density at radius 3 is 1.87 bits per heavy atom. The number of carbonyl (C=O) groups excluding carboxylic acids is 1. The highest BCUT2D eigenvalue weighted by molar-refractivity contribution is 6.60. The van der Waals surface area contributed by atoms with Crippen LogP contribution in [0.5, 0.6) is 0 Å². The van der Waals surface area contributed by atoms with Gasteiger partial charge >= 0.3 is 14.8 Å². The van der Waals surface area contributed by atoms with Crippen LogP contribution >= 0.6 is 0 Å². The summed E-state index contributed by atoms with van der Waals surface area (Å²) in [6.45, 7) is 7.08. The summed E-state index contributed by atoms with van der Waals surface area (Å²) < 4.78 is 32.8. The van der Waals surface area contributed by atoms with Crippen molar-refractivity contribution in [3.63, 3.8) is 0 Å². The molecule has 1 atom stereocenters. The summed E-state index contributed by atoms with van der Waals surface area (Å²) in [4.78, 5) is 12.0. The minimum Gasteiger partial charge on any atom is -0.453 e. The van der Waals surface area contributed by atoms with Crippen molar-refractivity contribution in [2.45, 2.75) is 44.6 Å². The van der Waals surface area contributed by atoms with Crippen LogP contribution in [-0.2, 0) is 32.3 Å². The Hall–Kier alpha value is -0.773. The van der Waals surface area contributed by atoms with Gasteiger partial charge in [-0.05, 0) is 13.3 Å². The van der Waals surface area contributed by atoms with Gasteiger partial charge in [0.25, 0.3) is 0 Å². The second kappa shape index (κ2) is 10.2. The van der Waals surface area contributed by atoms with Crippen molar-refractivity contribution < 1.29 is 32.3 Å². The average Bonchev–Trinajstić information content (AvgIpc) is 2.57. The van der Waals surface area contributed by atoms with Crippen molar-refractivity contribution in [2.75, 3.05) is 35.5 Å². The summed E-state index contributed by atoms with van der Waals surface area (Å²) in [5.74, 6) is -1.55.